The minimum Gasteiger partial charge on any atom is -0.463 e. The smallest absolute Gasteiger partial charge is 0.316 e. The normalized spacial score (nSPS) is 10.8. The molecule has 0 unspecified atom stereocenters. The standard InChI is InChI=1S/C14H14BrN3O2S/c1-2-7-20-14-16-8-10(9-17-14)18-13(19)6-4-11-3-5-12(15)21-11/h3-6,8-9H,2,7H2,1H3,(H,18,19)/b6-4+. The lowest BCUT2D eigenvalue weighted by atomic mass is 10.4. The number of nitrogens with one attached hydrogen (secondary N) is 1. The van der Waals surface area contributed by atoms with E-state index in [1.54, 1.807) is 17.4 Å². The molecule has 0 saturated heterocycles. The van der Waals surface area contributed by atoms with Crippen LogP contribution in [0.25, 0.3) is 6.08 Å². The van der Waals surface area contributed by atoms with E-state index in [0.717, 1.165) is 15.1 Å². The molecule has 21 heavy (non-hydrogen) atoms. The molecule has 0 aliphatic heterocycles. The maximum atomic E-state index is 11.8. The fourth-order valence-corrected chi connectivity index (χ4v) is 2.73. The van der Waals surface area contributed by atoms with Gasteiger partial charge >= 0.3 is 6.01 Å². The monoisotopic (exact) mass is 367 g/mol. The van der Waals surface area contributed by atoms with E-state index in [1.165, 1.54) is 18.5 Å². The fourth-order valence-electron chi connectivity index (χ4n) is 1.41. The number of thiophene rings is 1. The molecule has 2 aromatic heterocycles. The lowest BCUT2D eigenvalue weighted by Gasteiger charge is -2.03. The SMILES string of the molecule is CCCOc1ncc(NC(=O)/C=C/c2ccc(Br)s2)cn1. The zero-order valence-electron chi connectivity index (χ0n) is 11.4. The van der Waals surface area contributed by atoms with E-state index in [0.29, 0.717) is 18.3 Å². The van der Waals surface area contributed by atoms with Crippen LogP contribution in [-0.4, -0.2) is 22.5 Å². The molecule has 1 amide bonds. The molecule has 2 rings (SSSR count). The van der Waals surface area contributed by atoms with Gasteiger partial charge in [-0.1, -0.05) is 6.92 Å². The molecule has 0 radical (unpaired) electrons. The van der Waals surface area contributed by atoms with Crippen LogP contribution in [0.1, 0.15) is 18.2 Å². The quantitative estimate of drug-likeness (QED) is 0.789. The molecule has 0 aliphatic rings. The van der Waals surface area contributed by atoms with Crippen molar-refractivity contribution in [2.45, 2.75) is 13.3 Å². The van der Waals surface area contributed by atoms with E-state index in [9.17, 15) is 4.79 Å². The van der Waals surface area contributed by atoms with Crippen molar-refractivity contribution < 1.29 is 9.53 Å². The number of hydrogen-bond acceptors (Lipinski definition) is 5. The Morgan fingerprint density at radius 1 is 1.43 bits per heavy atom. The van der Waals surface area contributed by atoms with Gasteiger partial charge in [-0.15, -0.1) is 11.3 Å². The van der Waals surface area contributed by atoms with Crippen molar-refractivity contribution in [3.8, 4) is 6.01 Å². The number of hydrogen-bond donors (Lipinski definition) is 1. The van der Waals surface area contributed by atoms with Crippen LogP contribution in [0.4, 0.5) is 5.69 Å². The minimum absolute atomic E-state index is 0.231. The Hall–Kier alpha value is -1.73. The summed E-state index contributed by atoms with van der Waals surface area (Å²) in [4.78, 5) is 20.8. The first-order chi connectivity index (χ1) is 10.2. The largest absolute Gasteiger partial charge is 0.463 e. The van der Waals surface area contributed by atoms with Crippen molar-refractivity contribution in [2.24, 2.45) is 0 Å². The van der Waals surface area contributed by atoms with Crippen molar-refractivity contribution in [3.05, 3.63) is 39.3 Å². The molecular formula is C14H14BrN3O2S. The molecule has 1 N–H and O–H groups in total. The number of amides is 1. The molecule has 110 valence electrons. The predicted octanol–water partition coefficient (Wildman–Crippen LogP) is 3.74. The number of nitrogens with zero attached hydrogens (tertiary/aromatic N) is 2. The molecule has 0 fully saturated rings. The first kappa shape index (κ1) is 15.7. The van der Waals surface area contributed by atoms with Gasteiger partial charge < -0.3 is 10.1 Å². The Morgan fingerprint density at radius 3 is 2.81 bits per heavy atom. The third kappa shape index (κ3) is 5.28. The van der Waals surface area contributed by atoms with Crippen LogP contribution < -0.4 is 10.1 Å². The molecule has 2 aromatic rings. The number of ether oxygens (including phenoxy) is 1. The molecule has 0 saturated carbocycles. The summed E-state index contributed by atoms with van der Waals surface area (Å²) in [5, 5.41) is 2.69. The Labute approximate surface area is 135 Å². The van der Waals surface area contributed by atoms with Gasteiger partial charge in [0, 0.05) is 11.0 Å². The molecule has 0 spiro atoms. The molecule has 0 aromatic carbocycles. The topological polar surface area (TPSA) is 64.1 Å². The second kappa shape index (κ2) is 7.90. The first-order valence-corrected chi connectivity index (χ1v) is 7.97. The third-order valence-corrected chi connectivity index (χ3v) is 3.91. The number of aromatic nitrogens is 2. The van der Waals surface area contributed by atoms with Crippen molar-refractivity contribution in [1.29, 1.82) is 0 Å². The molecule has 7 heteroatoms. The van der Waals surface area contributed by atoms with Gasteiger partial charge in [-0.2, -0.15) is 0 Å². The Bertz CT molecular complexity index is 625. The summed E-state index contributed by atoms with van der Waals surface area (Å²) < 4.78 is 6.30. The van der Waals surface area contributed by atoms with Crippen molar-refractivity contribution >= 4 is 44.9 Å². The number of anilines is 1. The van der Waals surface area contributed by atoms with E-state index in [-0.39, 0.29) is 5.91 Å². The maximum absolute atomic E-state index is 11.8. The van der Waals surface area contributed by atoms with Gasteiger partial charge in [0.25, 0.3) is 0 Å². The predicted molar refractivity (Wildman–Crippen MR) is 87.5 cm³/mol. The van der Waals surface area contributed by atoms with Gasteiger partial charge in [0.2, 0.25) is 5.91 Å². The number of carbonyl (C=O) groups is 1. The van der Waals surface area contributed by atoms with Crippen molar-refractivity contribution in [3.63, 3.8) is 0 Å². The number of halogens is 1. The van der Waals surface area contributed by atoms with Crippen molar-refractivity contribution in [1.82, 2.24) is 9.97 Å². The second-order valence-electron chi connectivity index (χ2n) is 4.07. The highest BCUT2D eigenvalue weighted by molar-refractivity contribution is 9.11. The Kier molecular flexibility index (Phi) is 5.89. The van der Waals surface area contributed by atoms with Crippen LogP contribution >= 0.6 is 27.3 Å². The van der Waals surface area contributed by atoms with Gasteiger partial charge in [0.15, 0.2) is 0 Å². The Morgan fingerprint density at radius 2 is 2.19 bits per heavy atom. The molecular weight excluding hydrogens is 354 g/mol. The molecule has 0 atom stereocenters. The lowest BCUT2D eigenvalue weighted by molar-refractivity contribution is -0.111. The summed E-state index contributed by atoms with van der Waals surface area (Å²) in [5.41, 5.74) is 0.529. The molecule has 0 aliphatic carbocycles. The van der Waals surface area contributed by atoms with Crippen LogP contribution in [0.3, 0.4) is 0 Å². The summed E-state index contributed by atoms with van der Waals surface area (Å²) in [6, 6.07) is 4.18. The van der Waals surface area contributed by atoms with Gasteiger partial charge in [-0.3, -0.25) is 4.79 Å². The highest BCUT2D eigenvalue weighted by Crippen LogP contribution is 2.23. The van der Waals surface area contributed by atoms with Crippen LogP contribution in [0.5, 0.6) is 6.01 Å². The highest BCUT2D eigenvalue weighted by atomic mass is 79.9. The Balaban J connectivity index is 1.88. The van der Waals surface area contributed by atoms with Gasteiger partial charge in [0.1, 0.15) is 0 Å². The molecule has 0 bridgehead atoms. The van der Waals surface area contributed by atoms with Gasteiger partial charge in [-0.25, -0.2) is 9.97 Å². The third-order valence-electron chi connectivity index (χ3n) is 2.32. The van der Waals surface area contributed by atoms with E-state index < -0.39 is 0 Å². The van der Waals surface area contributed by atoms with Crippen LogP contribution in [0.2, 0.25) is 0 Å². The summed E-state index contributed by atoms with van der Waals surface area (Å²) >= 11 is 4.93. The maximum Gasteiger partial charge on any atom is 0.316 e. The van der Waals surface area contributed by atoms with Crippen LogP contribution in [-0.2, 0) is 4.79 Å². The zero-order valence-corrected chi connectivity index (χ0v) is 13.8. The number of carbonyl (C=O) groups excluding carboxylic acids is 1. The van der Waals surface area contributed by atoms with Crippen LogP contribution in [0.15, 0.2) is 34.4 Å². The van der Waals surface area contributed by atoms with E-state index in [2.05, 4.69) is 31.2 Å². The summed E-state index contributed by atoms with van der Waals surface area (Å²) in [6.07, 6.45) is 7.16. The average Bonchev–Trinajstić information content (AvgIpc) is 2.90. The highest BCUT2D eigenvalue weighted by Gasteiger charge is 2.01. The fraction of sp³-hybridized carbons (Fsp3) is 0.214. The summed E-state index contributed by atoms with van der Waals surface area (Å²) in [6.45, 7) is 2.58. The van der Waals surface area contributed by atoms with Gasteiger partial charge in [0.05, 0.1) is 28.5 Å². The van der Waals surface area contributed by atoms with Crippen molar-refractivity contribution in [2.75, 3.05) is 11.9 Å². The molecule has 5 nitrogen and oxygen atoms in total. The number of rotatable bonds is 6. The van der Waals surface area contributed by atoms with E-state index >= 15 is 0 Å². The van der Waals surface area contributed by atoms with E-state index in [1.807, 2.05) is 19.1 Å². The zero-order chi connectivity index (χ0) is 15.1. The summed E-state index contributed by atoms with van der Waals surface area (Å²) in [7, 11) is 0. The van der Waals surface area contributed by atoms with Gasteiger partial charge in [-0.05, 0) is 40.6 Å². The average molecular weight is 368 g/mol. The lowest BCUT2D eigenvalue weighted by Crippen LogP contribution is -2.09. The second-order valence-corrected chi connectivity index (χ2v) is 6.56. The first-order valence-electron chi connectivity index (χ1n) is 6.36. The summed E-state index contributed by atoms with van der Waals surface area (Å²) in [5.74, 6) is -0.231. The van der Waals surface area contributed by atoms with Crippen LogP contribution in [0, 0.1) is 0 Å². The van der Waals surface area contributed by atoms with E-state index in [4.69, 9.17) is 4.74 Å². The minimum atomic E-state index is -0.231. The molecule has 2 heterocycles.